The van der Waals surface area contributed by atoms with Crippen molar-refractivity contribution >= 4 is 34.4 Å². The standard InChI is InChI=1S/C23H28ClNO6/c1-3-4-16-9-21(26)31-19-11-20(18(24)10-17(16)19)30-13(2)22(27)25-12-14-5-7-15(8-6-14)23(28)29/h9-11,13-15H,3-8,12H2,1-2H3,(H,25,27)(H,28,29)/p-1/t13-,14?,15?/m0/s1. The van der Waals surface area contributed by atoms with Crippen LogP contribution in [-0.4, -0.2) is 24.5 Å². The van der Waals surface area contributed by atoms with Crippen LogP contribution in [0.15, 0.2) is 27.4 Å². The summed E-state index contributed by atoms with van der Waals surface area (Å²) < 4.78 is 11.0. The molecule has 0 spiro atoms. The number of hydrogen-bond acceptors (Lipinski definition) is 6. The number of nitrogens with one attached hydrogen (secondary N) is 1. The molecule has 1 amide bonds. The van der Waals surface area contributed by atoms with E-state index in [1.807, 2.05) is 6.92 Å². The number of rotatable bonds is 8. The van der Waals surface area contributed by atoms with E-state index in [0.717, 1.165) is 36.6 Å². The lowest BCUT2D eigenvalue weighted by Gasteiger charge is -2.29. The largest absolute Gasteiger partial charge is 0.550 e. The van der Waals surface area contributed by atoms with Gasteiger partial charge in [0.15, 0.2) is 6.10 Å². The summed E-state index contributed by atoms with van der Waals surface area (Å²) in [5.41, 5.74) is 0.789. The van der Waals surface area contributed by atoms with Crippen LogP contribution in [0, 0.1) is 11.8 Å². The van der Waals surface area contributed by atoms with Crippen molar-refractivity contribution in [2.75, 3.05) is 6.54 Å². The highest BCUT2D eigenvalue weighted by atomic mass is 35.5. The third-order valence-corrected chi connectivity index (χ3v) is 6.12. The Labute approximate surface area is 185 Å². The van der Waals surface area contributed by atoms with Crippen molar-refractivity contribution in [2.45, 2.75) is 58.5 Å². The van der Waals surface area contributed by atoms with Crippen LogP contribution in [0.2, 0.25) is 5.02 Å². The van der Waals surface area contributed by atoms with Crippen LogP contribution in [0.4, 0.5) is 0 Å². The first kappa shape index (κ1) is 23.1. The van der Waals surface area contributed by atoms with Gasteiger partial charge >= 0.3 is 5.63 Å². The molecule has 8 heteroatoms. The number of fused-ring (bicyclic) bond motifs is 1. The van der Waals surface area contributed by atoms with Crippen LogP contribution in [-0.2, 0) is 16.0 Å². The van der Waals surface area contributed by atoms with E-state index in [1.165, 1.54) is 6.07 Å². The Morgan fingerprint density at radius 3 is 2.61 bits per heavy atom. The number of aryl methyl sites for hydroxylation is 1. The van der Waals surface area contributed by atoms with Gasteiger partial charge in [0.2, 0.25) is 0 Å². The number of carboxylic acid groups (broad SMARTS) is 1. The van der Waals surface area contributed by atoms with Gasteiger partial charge in [-0.05, 0) is 62.5 Å². The van der Waals surface area contributed by atoms with Crippen LogP contribution < -0.4 is 20.8 Å². The average molecular weight is 449 g/mol. The Bertz CT molecular complexity index is 1010. The van der Waals surface area contributed by atoms with Crippen molar-refractivity contribution in [3.05, 3.63) is 39.2 Å². The third-order valence-electron chi connectivity index (χ3n) is 5.82. The minimum atomic E-state index is -0.991. The first-order valence-electron chi connectivity index (χ1n) is 10.7. The van der Waals surface area contributed by atoms with Crippen molar-refractivity contribution in [3.8, 4) is 5.75 Å². The molecule has 1 heterocycles. The number of carbonyl (C=O) groups is 2. The molecule has 2 aromatic rings. The van der Waals surface area contributed by atoms with Crippen LogP contribution in [0.1, 0.15) is 51.5 Å². The normalized spacial score (nSPS) is 19.7. The first-order valence-corrected chi connectivity index (χ1v) is 11.1. The van der Waals surface area contributed by atoms with Gasteiger partial charge in [-0.25, -0.2) is 4.79 Å². The number of carbonyl (C=O) groups excluding carboxylic acids is 2. The fraction of sp³-hybridized carbons (Fsp3) is 0.522. The quantitative estimate of drug-likeness (QED) is 0.622. The molecule has 168 valence electrons. The smallest absolute Gasteiger partial charge is 0.336 e. The van der Waals surface area contributed by atoms with Crippen molar-refractivity contribution in [3.63, 3.8) is 0 Å². The molecule has 1 fully saturated rings. The fourth-order valence-electron chi connectivity index (χ4n) is 4.03. The first-order chi connectivity index (χ1) is 14.8. The molecule has 1 aliphatic carbocycles. The summed E-state index contributed by atoms with van der Waals surface area (Å²) in [5, 5.41) is 14.9. The average Bonchev–Trinajstić information content (AvgIpc) is 2.73. The Morgan fingerprint density at radius 1 is 1.26 bits per heavy atom. The van der Waals surface area contributed by atoms with Crippen molar-refractivity contribution in [1.29, 1.82) is 0 Å². The fourth-order valence-corrected chi connectivity index (χ4v) is 4.24. The number of benzene rings is 1. The van der Waals surface area contributed by atoms with E-state index in [1.54, 1.807) is 19.1 Å². The van der Waals surface area contributed by atoms with Gasteiger partial charge in [0.1, 0.15) is 11.3 Å². The number of halogens is 1. The molecule has 1 aromatic carbocycles. The molecule has 0 saturated heterocycles. The highest BCUT2D eigenvalue weighted by Gasteiger charge is 2.24. The van der Waals surface area contributed by atoms with Crippen LogP contribution in [0.5, 0.6) is 5.75 Å². The second-order valence-electron chi connectivity index (χ2n) is 8.16. The van der Waals surface area contributed by atoms with E-state index in [4.69, 9.17) is 20.8 Å². The van der Waals surface area contributed by atoms with E-state index in [2.05, 4.69) is 5.32 Å². The number of amides is 1. The van der Waals surface area contributed by atoms with E-state index in [0.29, 0.717) is 30.0 Å². The molecule has 0 unspecified atom stereocenters. The zero-order valence-corrected chi connectivity index (χ0v) is 18.5. The summed E-state index contributed by atoms with van der Waals surface area (Å²) in [6.07, 6.45) is 3.43. The lowest BCUT2D eigenvalue weighted by molar-refractivity contribution is -0.312. The topological polar surface area (TPSA) is 109 Å². The molecule has 3 rings (SSSR count). The van der Waals surface area contributed by atoms with Crippen molar-refractivity contribution < 1.29 is 23.8 Å². The Balaban J connectivity index is 1.62. The molecule has 7 nitrogen and oxygen atoms in total. The zero-order chi connectivity index (χ0) is 22.5. The van der Waals surface area contributed by atoms with Crippen LogP contribution >= 0.6 is 11.6 Å². The molecule has 1 N–H and O–H groups in total. The SMILES string of the molecule is CCCc1cc(=O)oc2cc(O[C@@H](C)C(=O)NCC3CCC(C(=O)[O-])CC3)c(Cl)cc12. The van der Waals surface area contributed by atoms with E-state index >= 15 is 0 Å². The van der Waals surface area contributed by atoms with Crippen molar-refractivity contribution in [1.82, 2.24) is 5.32 Å². The van der Waals surface area contributed by atoms with Crippen LogP contribution in [0.3, 0.4) is 0 Å². The van der Waals surface area contributed by atoms with Crippen LogP contribution in [0.25, 0.3) is 11.0 Å². The minimum absolute atomic E-state index is 0.238. The van der Waals surface area contributed by atoms with Gasteiger partial charge in [0.05, 0.1) is 5.02 Å². The monoisotopic (exact) mass is 448 g/mol. The Morgan fingerprint density at radius 2 is 1.97 bits per heavy atom. The van der Waals surface area contributed by atoms with Gasteiger partial charge in [-0.2, -0.15) is 0 Å². The summed E-state index contributed by atoms with van der Waals surface area (Å²) in [6.45, 7) is 4.11. The molecule has 0 radical (unpaired) electrons. The highest BCUT2D eigenvalue weighted by Crippen LogP contribution is 2.32. The molecule has 1 aliphatic rings. The summed E-state index contributed by atoms with van der Waals surface area (Å²) in [5.74, 6) is -1.17. The molecule has 0 bridgehead atoms. The minimum Gasteiger partial charge on any atom is -0.550 e. The number of carboxylic acids is 1. The van der Waals surface area contributed by atoms with Gasteiger partial charge in [0.25, 0.3) is 5.91 Å². The summed E-state index contributed by atoms with van der Waals surface area (Å²) in [6, 6.07) is 4.71. The predicted octanol–water partition coefficient (Wildman–Crippen LogP) is 2.84. The Kier molecular flexibility index (Phi) is 7.59. The van der Waals surface area contributed by atoms with E-state index in [9.17, 15) is 19.5 Å². The maximum absolute atomic E-state index is 12.5. The van der Waals surface area contributed by atoms with Gasteiger partial charge in [-0.15, -0.1) is 0 Å². The molecular formula is C23H27ClNO6-. The summed E-state index contributed by atoms with van der Waals surface area (Å²) >= 11 is 6.37. The lowest BCUT2D eigenvalue weighted by atomic mass is 9.82. The molecule has 31 heavy (non-hydrogen) atoms. The Hall–Kier alpha value is -2.54. The second-order valence-corrected chi connectivity index (χ2v) is 8.57. The van der Waals surface area contributed by atoms with Gasteiger partial charge in [-0.3, -0.25) is 4.79 Å². The molecule has 1 atom stereocenters. The third kappa shape index (κ3) is 5.79. The molecule has 0 aliphatic heterocycles. The van der Waals surface area contributed by atoms with Gasteiger partial charge in [0, 0.05) is 30.0 Å². The highest BCUT2D eigenvalue weighted by molar-refractivity contribution is 6.32. The lowest BCUT2D eigenvalue weighted by Crippen LogP contribution is -2.40. The molecule has 1 aromatic heterocycles. The predicted molar refractivity (Wildman–Crippen MR) is 115 cm³/mol. The second kappa shape index (κ2) is 10.2. The molecule has 1 saturated carbocycles. The number of aliphatic carboxylic acids is 1. The maximum Gasteiger partial charge on any atom is 0.336 e. The van der Waals surface area contributed by atoms with E-state index in [-0.39, 0.29) is 23.5 Å². The maximum atomic E-state index is 12.5. The summed E-state index contributed by atoms with van der Waals surface area (Å²) in [7, 11) is 0. The van der Waals surface area contributed by atoms with Gasteiger partial charge in [-0.1, -0.05) is 24.9 Å². The number of hydrogen-bond donors (Lipinski definition) is 1. The summed E-state index contributed by atoms with van der Waals surface area (Å²) in [4.78, 5) is 35.3. The van der Waals surface area contributed by atoms with Crippen molar-refractivity contribution in [2.24, 2.45) is 11.8 Å². The van der Waals surface area contributed by atoms with Gasteiger partial charge < -0.3 is 24.4 Å². The van der Waals surface area contributed by atoms with E-state index < -0.39 is 17.7 Å². The molecular weight excluding hydrogens is 422 g/mol. The number of ether oxygens (including phenoxy) is 1. The zero-order valence-electron chi connectivity index (χ0n) is 17.7.